The molecule has 0 saturated heterocycles. The van der Waals surface area contributed by atoms with E-state index in [1.807, 2.05) is 37.4 Å². The van der Waals surface area contributed by atoms with Gasteiger partial charge in [0.15, 0.2) is 5.78 Å². The second-order valence-electron chi connectivity index (χ2n) is 9.38. The molecule has 1 aromatic heterocycles. The van der Waals surface area contributed by atoms with Crippen molar-refractivity contribution in [3.63, 3.8) is 0 Å². The largest absolute Gasteiger partial charge is 0.294 e. The van der Waals surface area contributed by atoms with Crippen LogP contribution in [0.2, 0.25) is 0 Å². The third-order valence-electron chi connectivity index (χ3n) is 6.88. The zero-order valence-electron chi connectivity index (χ0n) is 19.8. The lowest BCUT2D eigenvalue weighted by molar-refractivity contribution is -0.114. The lowest BCUT2D eigenvalue weighted by Gasteiger charge is -2.25. The van der Waals surface area contributed by atoms with Crippen molar-refractivity contribution in [3.05, 3.63) is 102 Å². The van der Waals surface area contributed by atoms with Gasteiger partial charge in [-0.3, -0.25) is 9.78 Å². The number of ketones is 1. The highest BCUT2D eigenvalue weighted by Gasteiger charge is 2.21. The normalized spacial score (nSPS) is 19.6. The zero-order chi connectivity index (χ0) is 23.2. The summed E-state index contributed by atoms with van der Waals surface area (Å²) in [6.45, 7) is 8.15. The molecule has 170 valence electrons. The van der Waals surface area contributed by atoms with E-state index in [9.17, 15) is 4.79 Å². The molecule has 2 aromatic carbocycles. The van der Waals surface area contributed by atoms with Crippen molar-refractivity contribution < 1.29 is 6.22 Å². The van der Waals surface area contributed by atoms with Gasteiger partial charge in [0.1, 0.15) is 0 Å². The van der Waals surface area contributed by atoms with Crippen LogP contribution in [0.25, 0.3) is 22.8 Å². The van der Waals surface area contributed by atoms with Crippen molar-refractivity contribution in [1.29, 1.82) is 0 Å². The van der Waals surface area contributed by atoms with Gasteiger partial charge in [-0.2, -0.15) is 0 Å². The first-order valence-corrected chi connectivity index (χ1v) is 12.0. The summed E-state index contributed by atoms with van der Waals surface area (Å²) in [5, 5.41) is 0. The van der Waals surface area contributed by atoms with Crippen molar-refractivity contribution in [2.45, 2.75) is 51.9 Å². The molecule has 0 unspecified atom stereocenters. The van der Waals surface area contributed by atoms with E-state index in [2.05, 4.69) is 61.0 Å². The standard InChI is InChI=1S/C20H23N.C11H10O.H2/c1-3-16-6-10-17(11-7-16)19-12-13-21-20(14-19)18-8-4-15(2)5-9-18;1-8-6-10(12)7-9-4-2-3-5-11(8)9;/h3,6-7,10-15,18H,1,4-5,8-9H2,2H3;2-6H,7H2,1H3;1H. The second kappa shape index (κ2) is 10.6. The molecule has 1 fully saturated rings. The number of carbonyl (C=O) groups excluding carboxylic acids is 1. The van der Waals surface area contributed by atoms with Crippen LogP contribution >= 0.6 is 0 Å². The molecule has 0 radical (unpaired) electrons. The predicted octanol–water partition coefficient (Wildman–Crippen LogP) is 8.15. The number of allylic oxidation sites excluding steroid dienone is 2. The van der Waals surface area contributed by atoms with E-state index in [4.69, 9.17) is 0 Å². The number of carbonyl (C=O) groups is 1. The van der Waals surface area contributed by atoms with E-state index in [1.165, 1.54) is 48.1 Å². The lowest BCUT2D eigenvalue weighted by Crippen LogP contribution is -2.11. The van der Waals surface area contributed by atoms with Crippen LogP contribution in [0.5, 0.6) is 0 Å². The Bertz CT molecular complexity index is 1150. The number of benzene rings is 2. The first-order valence-electron chi connectivity index (χ1n) is 12.0. The van der Waals surface area contributed by atoms with Gasteiger partial charge in [0.2, 0.25) is 0 Å². The van der Waals surface area contributed by atoms with Crippen LogP contribution in [0.1, 0.15) is 69.3 Å². The molecule has 0 spiro atoms. The van der Waals surface area contributed by atoms with E-state index < -0.39 is 0 Å². The van der Waals surface area contributed by atoms with Crippen molar-refractivity contribution in [3.8, 4) is 11.1 Å². The smallest absolute Gasteiger partial charge is 0.160 e. The Hall–Kier alpha value is -3.26. The molecular formula is C31H35NO. The third kappa shape index (κ3) is 5.76. The maximum atomic E-state index is 11.2. The number of hydrogen-bond donors (Lipinski definition) is 0. The number of hydrogen-bond acceptors (Lipinski definition) is 2. The Labute approximate surface area is 199 Å². The van der Waals surface area contributed by atoms with Crippen LogP contribution in [-0.4, -0.2) is 10.8 Å². The Morgan fingerprint density at radius 1 is 0.970 bits per heavy atom. The molecule has 0 N–H and O–H groups in total. The monoisotopic (exact) mass is 437 g/mol. The summed E-state index contributed by atoms with van der Waals surface area (Å²) in [5.74, 6) is 1.75. The molecule has 3 aromatic rings. The molecule has 2 nitrogen and oxygen atoms in total. The highest BCUT2D eigenvalue weighted by molar-refractivity contribution is 6.01. The minimum absolute atomic E-state index is 0. The van der Waals surface area contributed by atoms with Gasteiger partial charge in [0.05, 0.1) is 0 Å². The van der Waals surface area contributed by atoms with Gasteiger partial charge in [0.25, 0.3) is 0 Å². The molecule has 1 saturated carbocycles. The Morgan fingerprint density at radius 3 is 2.42 bits per heavy atom. The SMILES string of the molecule is C=Cc1ccc(-c2ccnc(C3CCC(C)CC3)c2)cc1.CC1=CC(=O)Cc2ccccc21.[HH]. The summed E-state index contributed by atoms with van der Waals surface area (Å²) >= 11 is 0. The van der Waals surface area contributed by atoms with Crippen molar-refractivity contribution in [2.24, 2.45) is 5.92 Å². The van der Waals surface area contributed by atoms with Gasteiger partial charge in [-0.1, -0.05) is 81.0 Å². The van der Waals surface area contributed by atoms with E-state index in [-0.39, 0.29) is 7.21 Å². The Balaban J connectivity index is 0.000000212. The predicted molar refractivity (Wildman–Crippen MR) is 141 cm³/mol. The number of rotatable bonds is 3. The van der Waals surface area contributed by atoms with Gasteiger partial charge >= 0.3 is 0 Å². The topological polar surface area (TPSA) is 30.0 Å². The molecule has 1 heterocycles. The van der Waals surface area contributed by atoms with Crippen molar-refractivity contribution >= 4 is 17.4 Å². The fourth-order valence-electron chi connectivity index (χ4n) is 4.84. The minimum atomic E-state index is 0. The van der Waals surface area contributed by atoms with E-state index >= 15 is 0 Å². The third-order valence-corrected chi connectivity index (χ3v) is 6.88. The summed E-state index contributed by atoms with van der Waals surface area (Å²) in [6, 6.07) is 21.0. The highest BCUT2D eigenvalue weighted by Crippen LogP contribution is 2.35. The average molecular weight is 438 g/mol. The second-order valence-corrected chi connectivity index (χ2v) is 9.38. The van der Waals surface area contributed by atoms with Crippen LogP contribution in [0, 0.1) is 5.92 Å². The van der Waals surface area contributed by atoms with Gasteiger partial charge in [-0.15, -0.1) is 0 Å². The summed E-state index contributed by atoms with van der Waals surface area (Å²) in [7, 11) is 0. The maximum absolute atomic E-state index is 11.2. The summed E-state index contributed by atoms with van der Waals surface area (Å²) in [5.41, 5.74) is 8.42. The number of nitrogens with zero attached hydrogens (tertiary/aromatic N) is 1. The highest BCUT2D eigenvalue weighted by atomic mass is 16.1. The number of aromatic nitrogens is 1. The van der Waals surface area contributed by atoms with E-state index in [0.717, 1.165) is 22.6 Å². The van der Waals surface area contributed by atoms with Crippen LogP contribution in [0.3, 0.4) is 0 Å². The molecule has 0 amide bonds. The van der Waals surface area contributed by atoms with Crippen molar-refractivity contribution in [1.82, 2.24) is 4.98 Å². The van der Waals surface area contributed by atoms with Crippen LogP contribution < -0.4 is 0 Å². The molecule has 2 aliphatic carbocycles. The summed E-state index contributed by atoms with van der Waals surface area (Å²) < 4.78 is 0. The number of pyridine rings is 1. The van der Waals surface area contributed by atoms with E-state index in [0.29, 0.717) is 12.3 Å². The van der Waals surface area contributed by atoms with Crippen molar-refractivity contribution in [2.75, 3.05) is 0 Å². The molecule has 0 bridgehead atoms. The Morgan fingerprint density at radius 2 is 1.70 bits per heavy atom. The number of fused-ring (bicyclic) bond motifs is 1. The van der Waals surface area contributed by atoms with Gasteiger partial charge in [0, 0.05) is 25.7 Å². The maximum Gasteiger partial charge on any atom is 0.160 e. The molecular weight excluding hydrogens is 402 g/mol. The first kappa shape index (κ1) is 22.9. The summed E-state index contributed by atoms with van der Waals surface area (Å²) in [6.07, 6.45) is 11.4. The molecule has 0 aliphatic heterocycles. The fraction of sp³-hybridized carbons (Fsp3) is 0.290. The molecule has 5 rings (SSSR count). The average Bonchev–Trinajstić information content (AvgIpc) is 2.85. The molecule has 2 heteroatoms. The molecule has 2 aliphatic rings. The Kier molecular flexibility index (Phi) is 7.34. The molecule has 0 atom stereocenters. The quantitative estimate of drug-likeness (QED) is 0.414. The summed E-state index contributed by atoms with van der Waals surface area (Å²) in [4.78, 5) is 15.8. The van der Waals surface area contributed by atoms with Crippen LogP contribution in [0.4, 0.5) is 0 Å². The van der Waals surface area contributed by atoms with Crippen LogP contribution in [0.15, 0.2) is 79.5 Å². The zero-order valence-corrected chi connectivity index (χ0v) is 19.8. The first-order chi connectivity index (χ1) is 16.0. The fourth-order valence-corrected chi connectivity index (χ4v) is 4.84. The molecule has 33 heavy (non-hydrogen) atoms. The van der Waals surface area contributed by atoms with Gasteiger partial charge < -0.3 is 0 Å². The van der Waals surface area contributed by atoms with Crippen LogP contribution in [-0.2, 0) is 11.2 Å². The lowest BCUT2D eigenvalue weighted by atomic mass is 9.81. The van der Waals surface area contributed by atoms with Gasteiger partial charge in [-0.05, 0) is 77.3 Å². The van der Waals surface area contributed by atoms with E-state index in [1.54, 1.807) is 6.08 Å². The minimum Gasteiger partial charge on any atom is -0.294 e. The van der Waals surface area contributed by atoms with Gasteiger partial charge in [-0.25, -0.2) is 0 Å².